The van der Waals surface area contributed by atoms with Gasteiger partial charge in [0.05, 0.1) is 12.3 Å². The highest BCUT2D eigenvalue weighted by molar-refractivity contribution is 7.92. The molecular weight excluding hydrogens is 286 g/mol. The first kappa shape index (κ1) is 15.6. The van der Waals surface area contributed by atoms with Crippen LogP contribution in [0.15, 0.2) is 36.5 Å². The molecule has 0 aliphatic rings. The van der Waals surface area contributed by atoms with E-state index in [2.05, 4.69) is 15.9 Å². The third-order valence-electron chi connectivity index (χ3n) is 3.09. The maximum absolute atomic E-state index is 11.8. The van der Waals surface area contributed by atoms with Crippen LogP contribution < -0.4 is 4.72 Å². The Kier molecular flexibility index (Phi) is 5.01. The van der Waals surface area contributed by atoms with Crippen molar-refractivity contribution in [2.75, 3.05) is 10.5 Å². The topological polar surface area (TPSA) is 64.0 Å². The lowest BCUT2D eigenvalue weighted by Crippen LogP contribution is -2.17. The normalized spacial score (nSPS) is 11.5. The van der Waals surface area contributed by atoms with Gasteiger partial charge in [-0.1, -0.05) is 43.2 Å². The Bertz CT molecular complexity index is 692. The van der Waals surface area contributed by atoms with Gasteiger partial charge >= 0.3 is 0 Å². The molecule has 0 aliphatic carbocycles. The number of benzene rings is 1. The van der Waals surface area contributed by atoms with E-state index in [9.17, 15) is 8.42 Å². The van der Waals surface area contributed by atoms with Gasteiger partial charge < -0.3 is 0 Å². The van der Waals surface area contributed by atoms with Crippen LogP contribution in [0.5, 0.6) is 0 Å². The lowest BCUT2D eigenvalue weighted by molar-refractivity contribution is 0.597. The van der Waals surface area contributed by atoms with Crippen molar-refractivity contribution >= 4 is 15.8 Å². The first-order valence-corrected chi connectivity index (χ1v) is 8.73. The molecule has 0 saturated heterocycles. The molecule has 6 heteroatoms. The third-order valence-corrected chi connectivity index (χ3v) is 4.44. The van der Waals surface area contributed by atoms with E-state index in [0.717, 1.165) is 12.0 Å². The summed E-state index contributed by atoms with van der Waals surface area (Å²) in [7, 11) is -3.29. The fourth-order valence-electron chi connectivity index (χ4n) is 2.05. The molecule has 0 bridgehead atoms. The summed E-state index contributed by atoms with van der Waals surface area (Å²) in [6.45, 7) is 4.63. The first-order chi connectivity index (χ1) is 9.98. The average molecular weight is 307 g/mol. The van der Waals surface area contributed by atoms with Crippen molar-refractivity contribution in [1.29, 1.82) is 0 Å². The van der Waals surface area contributed by atoms with E-state index in [1.807, 2.05) is 32.0 Å². The van der Waals surface area contributed by atoms with Gasteiger partial charge in [0.2, 0.25) is 10.0 Å². The molecule has 0 saturated carbocycles. The average Bonchev–Trinajstić information content (AvgIpc) is 2.83. The molecule has 1 N–H and O–H groups in total. The van der Waals surface area contributed by atoms with Gasteiger partial charge in [-0.2, -0.15) is 5.10 Å². The highest BCUT2D eigenvalue weighted by Crippen LogP contribution is 2.10. The largest absolute Gasteiger partial charge is 0.266 e. The van der Waals surface area contributed by atoms with Gasteiger partial charge in [-0.15, -0.1) is 0 Å². The molecule has 0 fully saturated rings. The highest BCUT2D eigenvalue weighted by atomic mass is 32.2. The second kappa shape index (κ2) is 6.76. The molecule has 0 atom stereocenters. The van der Waals surface area contributed by atoms with Crippen molar-refractivity contribution in [2.45, 2.75) is 33.2 Å². The monoisotopic (exact) mass is 307 g/mol. The molecule has 114 valence electrons. The predicted octanol–water partition coefficient (Wildman–Crippen LogP) is 2.78. The summed E-state index contributed by atoms with van der Waals surface area (Å²) in [5.41, 5.74) is 2.33. The van der Waals surface area contributed by atoms with Gasteiger partial charge in [0.1, 0.15) is 0 Å². The molecule has 2 aromatic rings. The van der Waals surface area contributed by atoms with Crippen LogP contribution >= 0.6 is 0 Å². The molecule has 0 radical (unpaired) electrons. The molecule has 0 unspecified atom stereocenters. The van der Waals surface area contributed by atoms with Crippen LogP contribution in [-0.4, -0.2) is 24.0 Å². The highest BCUT2D eigenvalue weighted by Gasteiger charge is 2.11. The summed E-state index contributed by atoms with van der Waals surface area (Å²) in [6.07, 6.45) is 3.28. The number of anilines is 1. The van der Waals surface area contributed by atoms with Crippen LogP contribution in [0.1, 0.15) is 30.9 Å². The van der Waals surface area contributed by atoms with Crippen molar-refractivity contribution in [2.24, 2.45) is 0 Å². The van der Waals surface area contributed by atoms with E-state index >= 15 is 0 Å². The molecule has 1 heterocycles. The molecule has 21 heavy (non-hydrogen) atoms. The zero-order valence-electron chi connectivity index (χ0n) is 12.4. The minimum atomic E-state index is -3.29. The first-order valence-electron chi connectivity index (χ1n) is 7.08. The third kappa shape index (κ3) is 4.90. The lowest BCUT2D eigenvalue weighted by atomic mass is 10.1. The van der Waals surface area contributed by atoms with Crippen molar-refractivity contribution in [1.82, 2.24) is 9.78 Å². The van der Waals surface area contributed by atoms with Crippen LogP contribution in [0.25, 0.3) is 0 Å². The standard InChI is InChI=1S/C15H21N3O2S/c1-3-4-10-21(19,20)17-15-8-9-18(16-15)12-14-7-5-6-13(2)11-14/h5-9,11H,3-4,10,12H2,1-2H3,(H,16,17). The van der Waals surface area contributed by atoms with Crippen molar-refractivity contribution < 1.29 is 8.42 Å². The van der Waals surface area contributed by atoms with Crippen LogP contribution in [0, 0.1) is 6.92 Å². The Morgan fingerprint density at radius 3 is 2.81 bits per heavy atom. The number of unbranched alkanes of at least 4 members (excludes halogenated alkanes) is 1. The van der Waals surface area contributed by atoms with E-state index in [0.29, 0.717) is 18.8 Å². The predicted molar refractivity (Wildman–Crippen MR) is 84.8 cm³/mol. The second-order valence-corrected chi connectivity index (χ2v) is 7.00. The number of hydrogen-bond donors (Lipinski definition) is 1. The number of aryl methyl sites for hydroxylation is 1. The van der Waals surface area contributed by atoms with Crippen molar-refractivity contribution in [3.8, 4) is 0 Å². The van der Waals surface area contributed by atoms with Gasteiger partial charge in [-0.3, -0.25) is 9.40 Å². The Morgan fingerprint density at radius 1 is 1.29 bits per heavy atom. The summed E-state index contributed by atoms with van der Waals surface area (Å²) >= 11 is 0. The van der Waals surface area contributed by atoms with Crippen LogP contribution in [0.2, 0.25) is 0 Å². The molecule has 0 spiro atoms. The fourth-order valence-corrected chi connectivity index (χ4v) is 3.24. The Balaban J connectivity index is 2.01. The minimum absolute atomic E-state index is 0.133. The molecular formula is C15H21N3O2S. The van der Waals surface area contributed by atoms with Gasteiger partial charge in [0, 0.05) is 12.3 Å². The van der Waals surface area contributed by atoms with E-state index in [1.165, 1.54) is 5.56 Å². The van der Waals surface area contributed by atoms with Gasteiger partial charge in [-0.25, -0.2) is 8.42 Å². The van der Waals surface area contributed by atoms with Gasteiger partial charge in [-0.05, 0) is 18.9 Å². The number of hydrogen-bond acceptors (Lipinski definition) is 3. The summed E-state index contributed by atoms with van der Waals surface area (Å²) in [6, 6.07) is 9.84. The Morgan fingerprint density at radius 2 is 2.10 bits per heavy atom. The van der Waals surface area contributed by atoms with Crippen LogP contribution in [-0.2, 0) is 16.6 Å². The number of rotatable bonds is 7. The molecule has 0 aliphatic heterocycles. The van der Waals surface area contributed by atoms with E-state index in [4.69, 9.17) is 0 Å². The van der Waals surface area contributed by atoms with Crippen LogP contribution in [0.4, 0.5) is 5.82 Å². The van der Waals surface area contributed by atoms with Crippen molar-refractivity contribution in [3.63, 3.8) is 0 Å². The SMILES string of the molecule is CCCCS(=O)(=O)Nc1ccn(Cc2cccc(C)c2)n1. The summed E-state index contributed by atoms with van der Waals surface area (Å²) in [5.74, 6) is 0.507. The number of sulfonamides is 1. The molecule has 5 nitrogen and oxygen atoms in total. The number of nitrogens with one attached hydrogen (secondary N) is 1. The number of aromatic nitrogens is 2. The van der Waals surface area contributed by atoms with E-state index in [1.54, 1.807) is 16.9 Å². The molecule has 2 rings (SSSR count). The summed E-state index contributed by atoms with van der Waals surface area (Å²) in [4.78, 5) is 0. The van der Waals surface area contributed by atoms with E-state index < -0.39 is 10.0 Å². The Labute approximate surface area is 126 Å². The summed E-state index contributed by atoms with van der Waals surface area (Å²) < 4.78 is 27.9. The second-order valence-electron chi connectivity index (χ2n) is 5.16. The molecule has 1 aromatic carbocycles. The zero-order chi connectivity index (χ0) is 15.3. The van der Waals surface area contributed by atoms with Crippen LogP contribution in [0.3, 0.4) is 0 Å². The quantitative estimate of drug-likeness (QED) is 0.855. The van der Waals surface area contributed by atoms with E-state index in [-0.39, 0.29) is 5.75 Å². The smallest absolute Gasteiger partial charge is 0.233 e. The fraction of sp³-hybridized carbons (Fsp3) is 0.400. The minimum Gasteiger partial charge on any atom is -0.266 e. The summed E-state index contributed by atoms with van der Waals surface area (Å²) in [5, 5.41) is 4.25. The molecule has 1 aromatic heterocycles. The lowest BCUT2D eigenvalue weighted by Gasteiger charge is -2.05. The molecule has 0 amide bonds. The maximum atomic E-state index is 11.8. The van der Waals surface area contributed by atoms with Gasteiger partial charge in [0.25, 0.3) is 0 Å². The zero-order valence-corrected chi connectivity index (χ0v) is 13.2. The van der Waals surface area contributed by atoms with Crippen molar-refractivity contribution in [3.05, 3.63) is 47.7 Å². The maximum Gasteiger partial charge on any atom is 0.233 e. The Hall–Kier alpha value is -1.82. The van der Waals surface area contributed by atoms with Gasteiger partial charge in [0.15, 0.2) is 5.82 Å². The number of nitrogens with zero attached hydrogens (tertiary/aromatic N) is 2.